The molecule has 1 N–H and O–H groups in total. The molecular formula is C22H30N4O5S. The van der Waals surface area contributed by atoms with Crippen molar-refractivity contribution >= 4 is 21.8 Å². The number of benzene rings is 1. The van der Waals surface area contributed by atoms with Crippen molar-refractivity contribution in [3.05, 3.63) is 47.3 Å². The lowest BCUT2D eigenvalue weighted by molar-refractivity contribution is -0.143. The molecule has 1 aliphatic rings. The minimum atomic E-state index is -3.95. The highest BCUT2D eigenvalue weighted by atomic mass is 32.2. The molecule has 0 saturated carbocycles. The van der Waals surface area contributed by atoms with Crippen LogP contribution in [-0.2, 0) is 25.0 Å². The standard InChI is InChI=1S/C22H30N4O5S/c1-15-19(17(3)31-23-15)32(29,30)24-16(2)20(27)25-11-13-26(14-12-25)21(28)22(4,5)18-9-7-6-8-10-18/h6-10,16,24H,11-14H2,1-5H3/t16-/m0/s1. The summed E-state index contributed by atoms with van der Waals surface area (Å²) in [5, 5.41) is 3.66. The topological polar surface area (TPSA) is 113 Å². The molecule has 32 heavy (non-hydrogen) atoms. The van der Waals surface area contributed by atoms with Crippen LogP contribution in [0, 0.1) is 13.8 Å². The summed E-state index contributed by atoms with van der Waals surface area (Å²) >= 11 is 0. The first-order chi connectivity index (χ1) is 14.9. The Morgan fingerprint density at radius 2 is 1.62 bits per heavy atom. The van der Waals surface area contributed by atoms with Crippen molar-refractivity contribution in [3.63, 3.8) is 0 Å². The van der Waals surface area contributed by atoms with Crippen molar-refractivity contribution in [1.29, 1.82) is 0 Å². The van der Waals surface area contributed by atoms with Crippen LogP contribution in [0.4, 0.5) is 0 Å². The number of nitrogens with zero attached hydrogens (tertiary/aromatic N) is 3. The van der Waals surface area contributed by atoms with Crippen molar-refractivity contribution in [2.45, 2.75) is 51.0 Å². The molecule has 0 unspecified atom stereocenters. The zero-order valence-electron chi connectivity index (χ0n) is 19.1. The average Bonchev–Trinajstić information content (AvgIpc) is 3.11. The first-order valence-corrected chi connectivity index (χ1v) is 12.0. The maximum atomic E-state index is 13.1. The fourth-order valence-electron chi connectivity index (χ4n) is 3.98. The molecule has 1 aliphatic heterocycles. The van der Waals surface area contributed by atoms with Gasteiger partial charge in [0.2, 0.25) is 21.8 Å². The van der Waals surface area contributed by atoms with E-state index < -0.39 is 21.5 Å². The first-order valence-electron chi connectivity index (χ1n) is 10.5. The number of aryl methyl sites for hydroxylation is 2. The first kappa shape index (κ1) is 23.9. The summed E-state index contributed by atoms with van der Waals surface area (Å²) in [6.45, 7) is 9.81. The third-order valence-corrected chi connectivity index (χ3v) is 7.63. The molecule has 1 atom stereocenters. The van der Waals surface area contributed by atoms with Crippen LogP contribution >= 0.6 is 0 Å². The van der Waals surface area contributed by atoms with E-state index in [9.17, 15) is 18.0 Å². The van der Waals surface area contributed by atoms with Gasteiger partial charge in [-0.25, -0.2) is 8.42 Å². The minimum absolute atomic E-state index is 0.00274. The Morgan fingerprint density at radius 1 is 1.06 bits per heavy atom. The van der Waals surface area contributed by atoms with Crippen LogP contribution in [0.3, 0.4) is 0 Å². The second kappa shape index (κ2) is 9.03. The summed E-state index contributed by atoms with van der Waals surface area (Å²) in [6, 6.07) is 8.64. The zero-order chi connectivity index (χ0) is 23.7. The van der Waals surface area contributed by atoms with Gasteiger partial charge in [0.1, 0.15) is 10.6 Å². The predicted molar refractivity (Wildman–Crippen MR) is 118 cm³/mol. The monoisotopic (exact) mass is 462 g/mol. The molecule has 0 radical (unpaired) electrons. The second-order valence-electron chi connectivity index (χ2n) is 8.60. The van der Waals surface area contributed by atoms with Crippen LogP contribution in [-0.4, -0.2) is 67.4 Å². The number of hydrogen-bond acceptors (Lipinski definition) is 6. The fourth-order valence-corrected chi connectivity index (χ4v) is 5.50. The molecule has 1 aromatic carbocycles. The average molecular weight is 463 g/mol. The molecule has 1 fully saturated rings. The zero-order valence-corrected chi connectivity index (χ0v) is 19.9. The van der Waals surface area contributed by atoms with E-state index in [1.807, 2.05) is 44.2 Å². The van der Waals surface area contributed by atoms with Gasteiger partial charge in [0.15, 0.2) is 5.76 Å². The van der Waals surface area contributed by atoms with E-state index in [1.54, 1.807) is 9.80 Å². The molecule has 0 aliphatic carbocycles. The molecule has 174 valence electrons. The number of sulfonamides is 1. The van der Waals surface area contributed by atoms with Gasteiger partial charge in [-0.15, -0.1) is 0 Å². The van der Waals surface area contributed by atoms with Gasteiger partial charge in [-0.1, -0.05) is 35.5 Å². The normalized spacial score (nSPS) is 16.2. The van der Waals surface area contributed by atoms with Gasteiger partial charge in [0.25, 0.3) is 0 Å². The number of rotatable bonds is 6. The maximum Gasteiger partial charge on any atom is 0.246 e. The maximum absolute atomic E-state index is 13.1. The summed E-state index contributed by atoms with van der Waals surface area (Å²) in [4.78, 5) is 29.3. The molecule has 1 saturated heterocycles. The predicted octanol–water partition coefficient (Wildman–Crippen LogP) is 1.61. The third-order valence-electron chi connectivity index (χ3n) is 5.85. The molecule has 3 rings (SSSR count). The number of piperazine rings is 1. The summed E-state index contributed by atoms with van der Waals surface area (Å²) < 4.78 is 32.7. The lowest BCUT2D eigenvalue weighted by Crippen LogP contribution is -2.57. The van der Waals surface area contributed by atoms with E-state index in [2.05, 4.69) is 9.88 Å². The fraction of sp³-hybridized carbons (Fsp3) is 0.500. The minimum Gasteiger partial charge on any atom is -0.360 e. The highest BCUT2D eigenvalue weighted by molar-refractivity contribution is 7.89. The molecule has 1 aromatic heterocycles. The number of amides is 2. The highest BCUT2D eigenvalue weighted by Crippen LogP contribution is 2.26. The SMILES string of the molecule is Cc1noc(C)c1S(=O)(=O)N[C@@H](C)C(=O)N1CCN(C(=O)C(C)(C)c2ccccc2)CC1. The highest BCUT2D eigenvalue weighted by Gasteiger charge is 2.37. The molecule has 0 spiro atoms. The lowest BCUT2D eigenvalue weighted by Gasteiger charge is -2.39. The van der Waals surface area contributed by atoms with E-state index in [4.69, 9.17) is 4.52 Å². The van der Waals surface area contributed by atoms with Gasteiger partial charge >= 0.3 is 0 Å². The second-order valence-corrected chi connectivity index (χ2v) is 10.3. The number of aromatic nitrogens is 1. The van der Waals surface area contributed by atoms with Crippen molar-refractivity contribution < 1.29 is 22.5 Å². The Labute approximate surface area is 188 Å². The van der Waals surface area contributed by atoms with Gasteiger partial charge in [-0.05, 0) is 40.2 Å². The summed E-state index contributed by atoms with van der Waals surface area (Å²) in [6.07, 6.45) is 0. The van der Waals surface area contributed by atoms with Crippen molar-refractivity contribution in [2.24, 2.45) is 0 Å². The molecule has 2 heterocycles. The van der Waals surface area contributed by atoms with Crippen molar-refractivity contribution in [2.75, 3.05) is 26.2 Å². The van der Waals surface area contributed by atoms with E-state index in [-0.39, 0.29) is 28.2 Å². The van der Waals surface area contributed by atoms with Gasteiger partial charge < -0.3 is 14.3 Å². The van der Waals surface area contributed by atoms with Crippen LogP contribution in [0.5, 0.6) is 0 Å². The summed E-state index contributed by atoms with van der Waals surface area (Å²) in [7, 11) is -3.95. The summed E-state index contributed by atoms with van der Waals surface area (Å²) in [5.41, 5.74) is 0.499. The Hall–Kier alpha value is -2.72. The van der Waals surface area contributed by atoms with E-state index in [1.165, 1.54) is 20.8 Å². The Kier molecular flexibility index (Phi) is 6.75. The summed E-state index contributed by atoms with van der Waals surface area (Å²) in [5.74, 6) is -0.166. The largest absolute Gasteiger partial charge is 0.360 e. The van der Waals surface area contributed by atoms with Gasteiger partial charge in [0, 0.05) is 26.2 Å². The molecule has 2 aromatic rings. The Bertz CT molecular complexity index is 1070. The van der Waals surface area contributed by atoms with E-state index in [0.29, 0.717) is 26.2 Å². The molecule has 9 nitrogen and oxygen atoms in total. The Morgan fingerprint density at radius 3 is 2.16 bits per heavy atom. The van der Waals surface area contributed by atoms with E-state index in [0.717, 1.165) is 5.56 Å². The third kappa shape index (κ3) is 4.71. The van der Waals surface area contributed by atoms with Crippen LogP contribution in [0.2, 0.25) is 0 Å². The quantitative estimate of drug-likeness (QED) is 0.698. The smallest absolute Gasteiger partial charge is 0.246 e. The molecule has 0 bridgehead atoms. The van der Waals surface area contributed by atoms with Crippen LogP contribution in [0.1, 0.15) is 37.8 Å². The van der Waals surface area contributed by atoms with Crippen LogP contribution in [0.15, 0.2) is 39.8 Å². The lowest BCUT2D eigenvalue weighted by atomic mass is 9.83. The number of carbonyl (C=O) groups is 2. The molecule has 10 heteroatoms. The van der Waals surface area contributed by atoms with Crippen molar-refractivity contribution in [3.8, 4) is 0 Å². The number of carbonyl (C=O) groups excluding carboxylic acids is 2. The van der Waals surface area contributed by atoms with Crippen molar-refractivity contribution in [1.82, 2.24) is 19.7 Å². The molecular weight excluding hydrogens is 432 g/mol. The number of nitrogens with one attached hydrogen (secondary N) is 1. The van der Waals surface area contributed by atoms with Crippen LogP contribution in [0.25, 0.3) is 0 Å². The van der Waals surface area contributed by atoms with E-state index >= 15 is 0 Å². The molecule has 2 amide bonds. The van der Waals surface area contributed by atoms with Gasteiger partial charge in [-0.3, -0.25) is 9.59 Å². The van der Waals surface area contributed by atoms with Gasteiger partial charge in [-0.2, -0.15) is 4.72 Å². The van der Waals surface area contributed by atoms with Gasteiger partial charge in [0.05, 0.1) is 11.5 Å². The number of hydrogen-bond donors (Lipinski definition) is 1. The Balaban J connectivity index is 1.61. The van der Waals surface area contributed by atoms with Crippen LogP contribution < -0.4 is 4.72 Å².